The fourth-order valence-electron chi connectivity index (χ4n) is 2.14. The number of amides is 1. The summed E-state index contributed by atoms with van der Waals surface area (Å²) in [5.41, 5.74) is 2.38. The van der Waals surface area contributed by atoms with E-state index in [1.807, 2.05) is 6.07 Å². The Morgan fingerprint density at radius 2 is 1.82 bits per heavy atom. The molecule has 0 saturated heterocycles. The maximum Gasteiger partial charge on any atom is 0.323 e. The molecule has 7 heteroatoms. The van der Waals surface area contributed by atoms with Crippen molar-refractivity contribution in [3.05, 3.63) is 68.1 Å². The van der Waals surface area contributed by atoms with Crippen molar-refractivity contribution in [2.24, 2.45) is 0 Å². The van der Waals surface area contributed by atoms with Gasteiger partial charge in [0.15, 0.2) is 0 Å². The van der Waals surface area contributed by atoms with Gasteiger partial charge in [0.05, 0.1) is 21.6 Å². The van der Waals surface area contributed by atoms with Crippen LogP contribution in [-0.4, -0.2) is 15.9 Å². The molecule has 112 valence electrons. The lowest BCUT2D eigenvalue weighted by Gasteiger charge is -2.07. The Morgan fingerprint density at radius 3 is 2.59 bits per heavy atom. The molecule has 0 aliphatic carbocycles. The van der Waals surface area contributed by atoms with E-state index in [0.717, 1.165) is 11.1 Å². The zero-order valence-corrected chi connectivity index (χ0v) is 12.8. The summed E-state index contributed by atoms with van der Waals surface area (Å²) >= 11 is 11.8. The van der Waals surface area contributed by atoms with Crippen molar-refractivity contribution in [1.82, 2.24) is 15.3 Å². The molecule has 0 saturated carbocycles. The summed E-state index contributed by atoms with van der Waals surface area (Å²) in [5.74, 6) is -0.288. The highest BCUT2D eigenvalue weighted by Gasteiger charge is 2.10. The zero-order chi connectivity index (χ0) is 15.7. The monoisotopic (exact) mass is 335 g/mol. The van der Waals surface area contributed by atoms with Gasteiger partial charge in [-0.2, -0.15) is 0 Å². The van der Waals surface area contributed by atoms with Crippen LogP contribution in [-0.2, 0) is 6.54 Å². The summed E-state index contributed by atoms with van der Waals surface area (Å²) in [7, 11) is 0. The van der Waals surface area contributed by atoms with Crippen LogP contribution in [0.5, 0.6) is 0 Å². The number of nitrogens with one attached hydrogen (secondary N) is 3. The molecule has 0 spiro atoms. The molecule has 3 rings (SSSR count). The van der Waals surface area contributed by atoms with E-state index >= 15 is 0 Å². The van der Waals surface area contributed by atoms with Crippen molar-refractivity contribution in [2.75, 3.05) is 0 Å². The van der Waals surface area contributed by atoms with Crippen molar-refractivity contribution in [1.29, 1.82) is 0 Å². The number of imidazole rings is 1. The van der Waals surface area contributed by atoms with Gasteiger partial charge in [-0.15, -0.1) is 0 Å². The summed E-state index contributed by atoms with van der Waals surface area (Å²) in [4.78, 5) is 28.7. The average Bonchev–Trinajstić information content (AvgIpc) is 2.84. The van der Waals surface area contributed by atoms with Gasteiger partial charge in [-0.25, -0.2) is 4.79 Å². The molecule has 1 heterocycles. The molecule has 0 unspecified atom stereocenters. The van der Waals surface area contributed by atoms with Gasteiger partial charge in [0.2, 0.25) is 0 Å². The van der Waals surface area contributed by atoms with Gasteiger partial charge in [0.25, 0.3) is 5.91 Å². The van der Waals surface area contributed by atoms with E-state index in [1.165, 1.54) is 6.07 Å². The maximum atomic E-state index is 12.1. The van der Waals surface area contributed by atoms with Crippen LogP contribution < -0.4 is 11.0 Å². The smallest absolute Gasteiger partial charge is 0.323 e. The van der Waals surface area contributed by atoms with E-state index in [0.29, 0.717) is 27.7 Å². The Balaban J connectivity index is 1.75. The molecule has 3 aromatic rings. The molecule has 2 aromatic carbocycles. The lowest BCUT2D eigenvalue weighted by molar-refractivity contribution is 0.0951. The predicted molar refractivity (Wildman–Crippen MR) is 86.6 cm³/mol. The van der Waals surface area contributed by atoms with Crippen molar-refractivity contribution >= 4 is 40.1 Å². The van der Waals surface area contributed by atoms with Crippen LogP contribution in [0.15, 0.2) is 41.2 Å². The third-order valence-corrected chi connectivity index (χ3v) is 3.76. The minimum Gasteiger partial charge on any atom is -0.348 e. The summed E-state index contributed by atoms with van der Waals surface area (Å²) in [6.07, 6.45) is 0. The number of H-pyrrole nitrogens is 2. The van der Waals surface area contributed by atoms with Crippen LogP contribution >= 0.6 is 23.2 Å². The number of hydrogen-bond acceptors (Lipinski definition) is 2. The van der Waals surface area contributed by atoms with Gasteiger partial charge in [-0.3, -0.25) is 4.79 Å². The zero-order valence-electron chi connectivity index (χ0n) is 11.2. The van der Waals surface area contributed by atoms with Crippen LogP contribution in [0.25, 0.3) is 11.0 Å². The number of fused-ring (bicyclic) bond motifs is 1. The lowest BCUT2D eigenvalue weighted by Crippen LogP contribution is -2.23. The maximum absolute atomic E-state index is 12.1. The first kappa shape index (κ1) is 14.7. The molecular formula is C15H11Cl2N3O2. The molecule has 22 heavy (non-hydrogen) atoms. The molecular weight excluding hydrogens is 325 g/mol. The molecule has 3 N–H and O–H groups in total. The Labute approximate surface area is 135 Å². The molecule has 1 aromatic heterocycles. The number of benzene rings is 2. The molecule has 0 bridgehead atoms. The molecule has 5 nitrogen and oxygen atoms in total. The van der Waals surface area contributed by atoms with Gasteiger partial charge < -0.3 is 15.3 Å². The number of aromatic nitrogens is 2. The van der Waals surface area contributed by atoms with Gasteiger partial charge >= 0.3 is 5.69 Å². The highest BCUT2D eigenvalue weighted by molar-refractivity contribution is 6.36. The predicted octanol–water partition coefficient (Wildman–Crippen LogP) is 3.09. The highest BCUT2D eigenvalue weighted by atomic mass is 35.5. The number of halogens is 2. The second-order valence-electron chi connectivity index (χ2n) is 4.77. The first-order chi connectivity index (χ1) is 10.5. The third kappa shape index (κ3) is 3.00. The SMILES string of the molecule is O=C(NCc1ccc2[nH]c(=O)[nH]c2c1)c1ccc(Cl)cc1Cl. The standard InChI is InChI=1S/C15H11Cl2N3O2/c16-9-2-3-10(11(17)6-9)14(21)18-7-8-1-4-12-13(5-8)20-15(22)19-12/h1-6H,7H2,(H,18,21)(H2,19,20,22). The molecule has 0 atom stereocenters. The quantitative estimate of drug-likeness (QED) is 0.687. The van der Waals surface area contributed by atoms with E-state index in [4.69, 9.17) is 23.2 Å². The molecule has 1 amide bonds. The lowest BCUT2D eigenvalue weighted by atomic mass is 10.1. The number of rotatable bonds is 3. The number of aromatic amines is 2. The van der Waals surface area contributed by atoms with Gasteiger partial charge in [-0.05, 0) is 35.9 Å². The Kier molecular flexibility index (Phi) is 3.92. The Morgan fingerprint density at radius 1 is 1.05 bits per heavy atom. The average molecular weight is 336 g/mol. The van der Waals surface area contributed by atoms with E-state index in [-0.39, 0.29) is 11.6 Å². The van der Waals surface area contributed by atoms with Gasteiger partial charge in [-0.1, -0.05) is 29.3 Å². The molecule has 0 fully saturated rings. The normalized spacial score (nSPS) is 10.8. The fraction of sp³-hybridized carbons (Fsp3) is 0.0667. The van der Waals surface area contributed by atoms with Gasteiger partial charge in [0.1, 0.15) is 0 Å². The van der Waals surface area contributed by atoms with Crippen LogP contribution in [0.2, 0.25) is 10.0 Å². The van der Waals surface area contributed by atoms with Crippen LogP contribution in [0.1, 0.15) is 15.9 Å². The summed E-state index contributed by atoms with van der Waals surface area (Å²) < 4.78 is 0. The third-order valence-electron chi connectivity index (χ3n) is 3.21. The van der Waals surface area contributed by atoms with Crippen molar-refractivity contribution < 1.29 is 4.79 Å². The van der Waals surface area contributed by atoms with Crippen molar-refractivity contribution in [3.8, 4) is 0 Å². The van der Waals surface area contributed by atoms with Crippen molar-refractivity contribution in [2.45, 2.75) is 6.54 Å². The Bertz CT molecular complexity index is 915. The minimum absolute atomic E-state index is 0.260. The van der Waals surface area contributed by atoms with E-state index in [1.54, 1.807) is 24.3 Å². The summed E-state index contributed by atoms with van der Waals surface area (Å²) in [6.45, 7) is 0.320. The van der Waals surface area contributed by atoms with E-state index in [2.05, 4.69) is 15.3 Å². The van der Waals surface area contributed by atoms with E-state index < -0.39 is 0 Å². The number of carbonyl (C=O) groups excluding carboxylic acids is 1. The van der Waals surface area contributed by atoms with Gasteiger partial charge in [0, 0.05) is 11.6 Å². The van der Waals surface area contributed by atoms with Crippen LogP contribution in [0, 0.1) is 0 Å². The van der Waals surface area contributed by atoms with E-state index in [9.17, 15) is 9.59 Å². The molecule has 0 aliphatic heterocycles. The number of carbonyl (C=O) groups is 1. The topological polar surface area (TPSA) is 77.8 Å². The second-order valence-corrected chi connectivity index (χ2v) is 5.61. The minimum atomic E-state index is -0.288. The Hall–Kier alpha value is -2.24. The first-order valence-electron chi connectivity index (χ1n) is 6.47. The highest BCUT2D eigenvalue weighted by Crippen LogP contribution is 2.21. The van der Waals surface area contributed by atoms with Crippen molar-refractivity contribution in [3.63, 3.8) is 0 Å². The van der Waals surface area contributed by atoms with Crippen LogP contribution in [0.3, 0.4) is 0 Å². The summed E-state index contributed by atoms with van der Waals surface area (Å²) in [5, 5.41) is 3.56. The molecule has 0 aliphatic rings. The molecule has 0 radical (unpaired) electrons. The largest absolute Gasteiger partial charge is 0.348 e. The van der Waals surface area contributed by atoms with Crippen LogP contribution in [0.4, 0.5) is 0 Å². The number of hydrogen-bond donors (Lipinski definition) is 3. The fourth-order valence-corrected chi connectivity index (χ4v) is 2.64. The summed E-state index contributed by atoms with van der Waals surface area (Å²) in [6, 6.07) is 10.1. The second kappa shape index (κ2) is 5.87. The first-order valence-corrected chi connectivity index (χ1v) is 7.23.